The number of hydrogen-bond donors (Lipinski definition) is 3. The van der Waals surface area contributed by atoms with E-state index in [0.29, 0.717) is 10.9 Å². The van der Waals surface area contributed by atoms with Gasteiger partial charge in [0.05, 0.1) is 10.4 Å². The summed E-state index contributed by atoms with van der Waals surface area (Å²) in [5.74, 6) is -1.83. The Morgan fingerprint density at radius 3 is 2.73 bits per heavy atom. The lowest BCUT2D eigenvalue weighted by atomic mass is 9.90. The molecule has 22 heavy (non-hydrogen) atoms. The van der Waals surface area contributed by atoms with Gasteiger partial charge in [0, 0.05) is 17.4 Å². The van der Waals surface area contributed by atoms with E-state index in [1.54, 1.807) is 13.8 Å². The Labute approximate surface area is 131 Å². The topological polar surface area (TPSA) is 82.2 Å². The van der Waals surface area contributed by atoms with Crippen LogP contribution in [0.25, 0.3) is 10.9 Å². The second-order valence-corrected chi connectivity index (χ2v) is 6.08. The first-order chi connectivity index (χ1) is 10.2. The molecule has 118 valence electrons. The third-order valence-electron chi connectivity index (χ3n) is 3.54. The highest BCUT2D eigenvalue weighted by molar-refractivity contribution is 6.38. The number of aromatic amines is 1. The van der Waals surface area contributed by atoms with Crippen molar-refractivity contribution < 1.29 is 19.1 Å². The number of carboxylic acids is 1. The van der Waals surface area contributed by atoms with Crippen LogP contribution in [-0.4, -0.2) is 28.5 Å². The van der Waals surface area contributed by atoms with Crippen molar-refractivity contribution in [3.05, 3.63) is 34.7 Å². The van der Waals surface area contributed by atoms with Crippen LogP contribution in [-0.2, 0) is 4.79 Å². The maximum atomic E-state index is 13.2. The van der Waals surface area contributed by atoms with Gasteiger partial charge in [-0.3, -0.25) is 9.59 Å². The minimum atomic E-state index is -0.930. The first-order valence-corrected chi connectivity index (χ1v) is 7.08. The summed E-state index contributed by atoms with van der Waals surface area (Å²) >= 11 is 6.09. The summed E-state index contributed by atoms with van der Waals surface area (Å²) in [6.45, 7) is 3.36. The lowest BCUT2D eigenvalue weighted by molar-refractivity contribution is -0.147. The van der Waals surface area contributed by atoms with E-state index in [1.165, 1.54) is 18.2 Å². The van der Waals surface area contributed by atoms with Gasteiger partial charge < -0.3 is 15.4 Å². The predicted octanol–water partition coefficient (Wildman–Crippen LogP) is 3.19. The van der Waals surface area contributed by atoms with Crippen molar-refractivity contribution in [2.45, 2.75) is 20.3 Å². The molecule has 0 saturated carbocycles. The summed E-state index contributed by atoms with van der Waals surface area (Å²) in [6, 6.07) is 4.02. The number of aliphatic carboxylic acids is 1. The number of carbonyl (C=O) groups excluding carboxylic acids is 1. The molecule has 0 aliphatic carbocycles. The number of fused-ring (bicyclic) bond motifs is 1. The van der Waals surface area contributed by atoms with Gasteiger partial charge in [-0.05, 0) is 38.5 Å². The van der Waals surface area contributed by atoms with Gasteiger partial charge in [0.15, 0.2) is 0 Å². The fraction of sp³-hybridized carbons (Fsp3) is 0.333. The van der Waals surface area contributed by atoms with Crippen LogP contribution in [0.1, 0.15) is 30.8 Å². The van der Waals surface area contributed by atoms with Crippen molar-refractivity contribution in [3.63, 3.8) is 0 Å². The second-order valence-electron chi connectivity index (χ2n) is 5.70. The number of aromatic nitrogens is 1. The SMILES string of the molecule is CC(C)(CCNC(=O)c1[nH]c2ccc(F)cc2c1Cl)C(=O)O. The fourth-order valence-electron chi connectivity index (χ4n) is 1.97. The molecular formula is C15H16ClFN2O3. The average Bonchev–Trinajstić information content (AvgIpc) is 2.75. The van der Waals surface area contributed by atoms with Crippen LogP contribution in [0.15, 0.2) is 18.2 Å². The minimum absolute atomic E-state index is 0.135. The number of amides is 1. The fourth-order valence-corrected chi connectivity index (χ4v) is 2.26. The molecule has 0 unspecified atom stereocenters. The van der Waals surface area contributed by atoms with E-state index in [9.17, 15) is 14.0 Å². The van der Waals surface area contributed by atoms with E-state index in [1.807, 2.05) is 0 Å². The number of halogens is 2. The molecule has 1 aromatic carbocycles. The van der Waals surface area contributed by atoms with E-state index in [-0.39, 0.29) is 23.7 Å². The zero-order valence-corrected chi connectivity index (χ0v) is 12.9. The maximum Gasteiger partial charge on any atom is 0.309 e. The van der Waals surface area contributed by atoms with Gasteiger partial charge in [0.25, 0.3) is 5.91 Å². The lowest BCUT2D eigenvalue weighted by Crippen LogP contribution is -2.32. The number of H-pyrrole nitrogens is 1. The Balaban J connectivity index is 2.11. The number of rotatable bonds is 5. The molecule has 1 amide bonds. The van der Waals surface area contributed by atoms with Crippen LogP contribution in [0.4, 0.5) is 4.39 Å². The Morgan fingerprint density at radius 1 is 1.41 bits per heavy atom. The van der Waals surface area contributed by atoms with Crippen molar-refractivity contribution in [2.75, 3.05) is 6.54 Å². The first kappa shape index (κ1) is 16.3. The van der Waals surface area contributed by atoms with Gasteiger partial charge in [-0.1, -0.05) is 11.6 Å². The van der Waals surface area contributed by atoms with Gasteiger partial charge in [-0.25, -0.2) is 4.39 Å². The molecule has 3 N–H and O–H groups in total. The summed E-state index contributed by atoms with van der Waals surface area (Å²) in [4.78, 5) is 25.9. The molecule has 0 aliphatic rings. The Kier molecular flexibility index (Phi) is 4.42. The molecule has 0 spiro atoms. The van der Waals surface area contributed by atoms with Crippen molar-refractivity contribution in [2.24, 2.45) is 5.41 Å². The van der Waals surface area contributed by atoms with E-state index in [4.69, 9.17) is 16.7 Å². The lowest BCUT2D eigenvalue weighted by Gasteiger charge is -2.18. The Hall–Kier alpha value is -2.08. The van der Waals surface area contributed by atoms with Gasteiger partial charge >= 0.3 is 5.97 Å². The molecule has 2 rings (SSSR count). The van der Waals surface area contributed by atoms with Gasteiger partial charge in [0.2, 0.25) is 0 Å². The molecule has 0 atom stereocenters. The number of benzene rings is 1. The van der Waals surface area contributed by atoms with Crippen molar-refractivity contribution in [3.8, 4) is 0 Å². The molecule has 2 aromatic rings. The van der Waals surface area contributed by atoms with E-state index in [2.05, 4.69) is 10.3 Å². The molecule has 0 radical (unpaired) electrons. The molecule has 1 aromatic heterocycles. The standard InChI is InChI=1S/C15H16ClFN2O3/c1-15(2,14(21)22)5-6-18-13(20)12-11(16)9-7-8(17)3-4-10(9)19-12/h3-4,7,19H,5-6H2,1-2H3,(H,18,20)(H,21,22). The van der Waals surface area contributed by atoms with Crippen LogP contribution in [0, 0.1) is 11.2 Å². The highest BCUT2D eigenvalue weighted by atomic mass is 35.5. The molecule has 1 heterocycles. The maximum absolute atomic E-state index is 13.2. The predicted molar refractivity (Wildman–Crippen MR) is 81.6 cm³/mol. The average molecular weight is 327 g/mol. The summed E-state index contributed by atoms with van der Waals surface area (Å²) < 4.78 is 13.2. The van der Waals surface area contributed by atoms with Crippen LogP contribution in [0.5, 0.6) is 0 Å². The quantitative estimate of drug-likeness (QED) is 0.789. The van der Waals surface area contributed by atoms with E-state index < -0.39 is 23.1 Å². The molecule has 0 bridgehead atoms. The number of nitrogens with one attached hydrogen (secondary N) is 2. The van der Waals surface area contributed by atoms with Crippen LogP contribution >= 0.6 is 11.6 Å². The number of carbonyl (C=O) groups is 2. The summed E-state index contributed by atoms with van der Waals surface area (Å²) in [6.07, 6.45) is 0.278. The second kappa shape index (κ2) is 5.96. The molecule has 0 fully saturated rings. The van der Waals surface area contributed by atoms with Crippen molar-refractivity contribution >= 4 is 34.4 Å². The summed E-state index contributed by atoms with van der Waals surface area (Å²) in [5.41, 5.74) is -0.237. The summed E-state index contributed by atoms with van der Waals surface area (Å²) in [7, 11) is 0. The molecule has 0 saturated heterocycles. The Bertz CT molecular complexity index is 740. The Morgan fingerprint density at radius 2 is 2.09 bits per heavy atom. The van der Waals surface area contributed by atoms with Crippen LogP contribution < -0.4 is 5.32 Å². The first-order valence-electron chi connectivity index (χ1n) is 6.70. The third-order valence-corrected chi connectivity index (χ3v) is 3.93. The highest BCUT2D eigenvalue weighted by Gasteiger charge is 2.27. The van der Waals surface area contributed by atoms with Crippen LogP contribution in [0.3, 0.4) is 0 Å². The molecule has 5 nitrogen and oxygen atoms in total. The van der Waals surface area contributed by atoms with E-state index in [0.717, 1.165) is 0 Å². The van der Waals surface area contributed by atoms with Gasteiger partial charge in [0.1, 0.15) is 11.5 Å². The van der Waals surface area contributed by atoms with Crippen molar-refractivity contribution in [1.29, 1.82) is 0 Å². The largest absolute Gasteiger partial charge is 0.481 e. The highest BCUT2D eigenvalue weighted by Crippen LogP contribution is 2.28. The molecule has 7 heteroatoms. The zero-order valence-electron chi connectivity index (χ0n) is 12.2. The number of hydrogen-bond acceptors (Lipinski definition) is 2. The normalized spacial score (nSPS) is 11.6. The number of carboxylic acid groups (broad SMARTS) is 1. The zero-order chi connectivity index (χ0) is 16.5. The van der Waals surface area contributed by atoms with Crippen LogP contribution in [0.2, 0.25) is 5.02 Å². The van der Waals surface area contributed by atoms with Crippen molar-refractivity contribution in [1.82, 2.24) is 10.3 Å². The smallest absolute Gasteiger partial charge is 0.309 e. The monoisotopic (exact) mass is 326 g/mol. The van der Waals surface area contributed by atoms with Gasteiger partial charge in [-0.2, -0.15) is 0 Å². The minimum Gasteiger partial charge on any atom is -0.481 e. The third kappa shape index (κ3) is 3.22. The van der Waals surface area contributed by atoms with Gasteiger partial charge in [-0.15, -0.1) is 0 Å². The molecule has 0 aliphatic heterocycles. The van der Waals surface area contributed by atoms with E-state index >= 15 is 0 Å². The summed E-state index contributed by atoms with van der Waals surface area (Å²) in [5, 5.41) is 12.2. The molecular weight excluding hydrogens is 311 g/mol.